The molecule has 1 aliphatic carbocycles. The van der Waals surface area contributed by atoms with Crippen LogP contribution in [0.1, 0.15) is 23.2 Å². The number of benzene rings is 1. The second-order valence-electron chi connectivity index (χ2n) is 8.47. The number of allylic oxidation sites excluding steroid dienone is 1. The summed E-state index contributed by atoms with van der Waals surface area (Å²) >= 11 is 0. The van der Waals surface area contributed by atoms with E-state index in [1.165, 1.54) is 22.4 Å². The first-order chi connectivity index (χ1) is 15.7. The molecule has 1 unspecified atom stereocenters. The van der Waals surface area contributed by atoms with Gasteiger partial charge < -0.3 is 19.2 Å². The highest BCUT2D eigenvalue weighted by Crippen LogP contribution is 2.34. The Bertz CT molecular complexity index is 1250. The summed E-state index contributed by atoms with van der Waals surface area (Å²) in [6.45, 7) is 2.59. The van der Waals surface area contributed by atoms with Crippen LogP contribution in [0.4, 0.5) is 0 Å². The number of fused-ring (bicyclic) bond motifs is 4. The lowest BCUT2D eigenvalue weighted by molar-refractivity contribution is -0.102. The van der Waals surface area contributed by atoms with Gasteiger partial charge in [0.25, 0.3) is 0 Å². The molecule has 1 fully saturated rings. The van der Waals surface area contributed by atoms with Crippen molar-refractivity contribution in [3.05, 3.63) is 63.7 Å². The number of aryl methyl sites for hydroxylation is 2. The Balaban J connectivity index is 1.30. The van der Waals surface area contributed by atoms with Crippen LogP contribution in [-0.2, 0) is 28.9 Å². The van der Waals surface area contributed by atoms with Crippen LogP contribution in [-0.4, -0.2) is 47.1 Å². The van der Waals surface area contributed by atoms with Crippen LogP contribution in [0.15, 0.2) is 41.2 Å². The number of rotatable bonds is 4. The van der Waals surface area contributed by atoms with Crippen molar-refractivity contribution in [1.82, 2.24) is 14.5 Å². The molecule has 2 aromatic heterocycles. The lowest BCUT2D eigenvalue weighted by Gasteiger charge is -2.24. The largest absolute Gasteiger partial charge is 0.475 e. The van der Waals surface area contributed by atoms with Crippen LogP contribution < -0.4 is 10.4 Å². The van der Waals surface area contributed by atoms with E-state index in [0.29, 0.717) is 38.9 Å². The van der Waals surface area contributed by atoms with Gasteiger partial charge in [-0.2, -0.15) is 4.98 Å². The smallest absolute Gasteiger partial charge is 0.351 e. The van der Waals surface area contributed by atoms with Gasteiger partial charge in [-0.05, 0) is 48.1 Å². The van der Waals surface area contributed by atoms with Gasteiger partial charge in [-0.15, -0.1) is 0 Å². The standard InChI is InChI=1S/C25H25N3O4/c29-25-27-24(32-15-19-14-30-9-10-31-19)13-23-20-6-5-18(11-16(20)7-8-28(23)25)22-12-17-3-1-2-4-21(17)26-22/h1,3,5-6,11-13,19,26H,2,4,7-10,14-15H2. The first-order valence-corrected chi connectivity index (χ1v) is 11.2. The molecule has 0 spiro atoms. The molecule has 7 heteroatoms. The molecule has 1 aromatic carbocycles. The Hall–Kier alpha value is -3.16. The van der Waals surface area contributed by atoms with Gasteiger partial charge in [-0.3, -0.25) is 4.57 Å². The van der Waals surface area contributed by atoms with Gasteiger partial charge in [0.15, 0.2) is 0 Å². The van der Waals surface area contributed by atoms with Gasteiger partial charge in [-0.1, -0.05) is 24.3 Å². The Kier molecular flexibility index (Phi) is 4.92. The molecule has 4 heterocycles. The summed E-state index contributed by atoms with van der Waals surface area (Å²) in [7, 11) is 0. The lowest BCUT2D eigenvalue weighted by atomic mass is 9.94. The van der Waals surface area contributed by atoms with Crippen molar-refractivity contribution in [1.29, 1.82) is 0 Å². The molecule has 0 saturated carbocycles. The number of nitrogens with one attached hydrogen (secondary N) is 1. The van der Waals surface area contributed by atoms with E-state index < -0.39 is 0 Å². The highest BCUT2D eigenvalue weighted by Gasteiger charge is 2.21. The predicted molar refractivity (Wildman–Crippen MR) is 121 cm³/mol. The molecule has 7 nitrogen and oxygen atoms in total. The van der Waals surface area contributed by atoms with E-state index in [2.05, 4.69) is 46.4 Å². The minimum absolute atomic E-state index is 0.138. The molecule has 0 amide bonds. The highest BCUT2D eigenvalue weighted by molar-refractivity contribution is 5.74. The first kappa shape index (κ1) is 19.5. The third-order valence-electron chi connectivity index (χ3n) is 6.38. The third kappa shape index (κ3) is 3.57. The average molecular weight is 431 g/mol. The number of ether oxygens (including phenoxy) is 3. The molecule has 3 aromatic rings. The molecular weight excluding hydrogens is 406 g/mol. The van der Waals surface area contributed by atoms with E-state index in [4.69, 9.17) is 14.2 Å². The zero-order valence-electron chi connectivity index (χ0n) is 17.8. The van der Waals surface area contributed by atoms with Crippen LogP contribution in [0, 0.1) is 0 Å². The Morgan fingerprint density at radius 2 is 2.16 bits per heavy atom. The van der Waals surface area contributed by atoms with Gasteiger partial charge in [-0.25, -0.2) is 4.79 Å². The molecule has 0 radical (unpaired) electrons. The van der Waals surface area contributed by atoms with Crippen molar-refractivity contribution in [3.63, 3.8) is 0 Å². The summed E-state index contributed by atoms with van der Waals surface area (Å²) < 4.78 is 18.6. The minimum atomic E-state index is -0.281. The van der Waals surface area contributed by atoms with Gasteiger partial charge in [0.1, 0.15) is 12.7 Å². The summed E-state index contributed by atoms with van der Waals surface area (Å²) in [4.78, 5) is 20.4. The van der Waals surface area contributed by atoms with E-state index in [1.54, 1.807) is 4.57 Å². The van der Waals surface area contributed by atoms with Gasteiger partial charge >= 0.3 is 5.69 Å². The number of H-pyrrole nitrogens is 1. The highest BCUT2D eigenvalue weighted by atomic mass is 16.6. The normalized spacial score (nSPS) is 19.2. The SMILES string of the molecule is O=c1nc(OCC2COCCO2)cc2n1CCc1cc(-c3cc4c([nH]3)CCC=C4)ccc1-2. The minimum Gasteiger partial charge on any atom is -0.475 e. The maximum Gasteiger partial charge on any atom is 0.351 e. The number of aromatic amines is 1. The van der Waals surface area contributed by atoms with Crippen LogP contribution in [0.25, 0.3) is 28.6 Å². The van der Waals surface area contributed by atoms with Crippen molar-refractivity contribution >= 4 is 6.08 Å². The number of nitrogens with zero attached hydrogens (tertiary/aromatic N) is 2. The molecule has 1 N–H and O–H groups in total. The Morgan fingerprint density at radius 3 is 3.03 bits per heavy atom. The molecule has 32 heavy (non-hydrogen) atoms. The van der Waals surface area contributed by atoms with Gasteiger partial charge in [0.05, 0.1) is 25.5 Å². The Labute approximate surface area is 185 Å². The summed E-state index contributed by atoms with van der Waals surface area (Å²) in [5.41, 5.74) is 7.74. The second kappa shape index (κ2) is 8.07. The maximum absolute atomic E-state index is 12.7. The topological polar surface area (TPSA) is 78.4 Å². The first-order valence-electron chi connectivity index (χ1n) is 11.2. The zero-order chi connectivity index (χ0) is 21.5. The summed E-state index contributed by atoms with van der Waals surface area (Å²) in [5, 5.41) is 0. The molecule has 1 atom stereocenters. The van der Waals surface area contributed by atoms with E-state index in [1.807, 2.05) is 6.07 Å². The third-order valence-corrected chi connectivity index (χ3v) is 6.38. The van der Waals surface area contributed by atoms with Crippen LogP contribution in [0.5, 0.6) is 5.88 Å². The van der Waals surface area contributed by atoms with Crippen molar-refractivity contribution < 1.29 is 14.2 Å². The molecular formula is C25H25N3O4. The number of hydrogen-bond acceptors (Lipinski definition) is 5. The van der Waals surface area contributed by atoms with Crippen LogP contribution in [0.2, 0.25) is 0 Å². The fourth-order valence-corrected chi connectivity index (χ4v) is 4.72. The summed E-state index contributed by atoms with van der Waals surface area (Å²) in [6.07, 6.45) is 7.22. The second-order valence-corrected chi connectivity index (χ2v) is 8.47. The van der Waals surface area contributed by atoms with Crippen LogP contribution in [0.3, 0.4) is 0 Å². The molecule has 1 saturated heterocycles. The Morgan fingerprint density at radius 1 is 1.19 bits per heavy atom. The molecule has 3 aliphatic rings. The lowest BCUT2D eigenvalue weighted by Crippen LogP contribution is -2.34. The zero-order valence-corrected chi connectivity index (χ0v) is 17.8. The summed E-state index contributed by atoms with van der Waals surface area (Å²) in [6, 6.07) is 10.5. The van der Waals surface area contributed by atoms with Crippen LogP contribution >= 0.6 is 0 Å². The van der Waals surface area contributed by atoms with Gasteiger partial charge in [0, 0.05) is 29.6 Å². The van der Waals surface area contributed by atoms with E-state index in [9.17, 15) is 4.79 Å². The molecule has 0 bridgehead atoms. The summed E-state index contributed by atoms with van der Waals surface area (Å²) in [5.74, 6) is 0.330. The number of hydrogen-bond donors (Lipinski definition) is 1. The fourth-order valence-electron chi connectivity index (χ4n) is 4.72. The molecule has 164 valence electrons. The predicted octanol–water partition coefficient (Wildman–Crippen LogP) is 3.22. The molecule has 6 rings (SSSR count). The van der Waals surface area contributed by atoms with Crippen molar-refractivity contribution in [2.45, 2.75) is 31.9 Å². The number of aromatic nitrogens is 3. The van der Waals surface area contributed by atoms with Crippen molar-refractivity contribution in [2.75, 3.05) is 26.4 Å². The fraction of sp³-hybridized carbons (Fsp3) is 0.360. The van der Waals surface area contributed by atoms with Crippen molar-refractivity contribution in [2.24, 2.45) is 0 Å². The van der Waals surface area contributed by atoms with E-state index in [0.717, 1.165) is 36.2 Å². The molecule has 2 aliphatic heterocycles. The van der Waals surface area contributed by atoms with E-state index in [-0.39, 0.29) is 11.8 Å². The quantitative estimate of drug-likeness (QED) is 0.686. The van der Waals surface area contributed by atoms with E-state index >= 15 is 0 Å². The van der Waals surface area contributed by atoms with Crippen molar-refractivity contribution in [3.8, 4) is 28.4 Å². The maximum atomic E-state index is 12.7. The average Bonchev–Trinajstić information content (AvgIpc) is 3.27. The monoisotopic (exact) mass is 431 g/mol. The van der Waals surface area contributed by atoms with Gasteiger partial charge in [0.2, 0.25) is 5.88 Å².